The van der Waals surface area contributed by atoms with E-state index in [2.05, 4.69) is 10.6 Å². The number of amides is 2. The van der Waals surface area contributed by atoms with E-state index in [-0.39, 0.29) is 11.4 Å². The molecule has 0 atom stereocenters. The molecule has 1 aromatic heterocycles. The fraction of sp³-hybridized carbons (Fsp3) is 0. The molecular formula is C17H12N2O5. The lowest BCUT2D eigenvalue weighted by Gasteiger charge is -2.06. The first kappa shape index (κ1) is 15.3. The highest BCUT2D eigenvalue weighted by Gasteiger charge is 2.09. The van der Waals surface area contributed by atoms with Gasteiger partial charge in [0.25, 0.3) is 0 Å². The maximum Gasteiger partial charge on any atom is 0.360 e. The molecule has 2 amide bonds. The Morgan fingerprint density at radius 1 is 0.958 bits per heavy atom. The van der Waals surface area contributed by atoms with Gasteiger partial charge in [-0.1, -0.05) is 18.2 Å². The maximum atomic E-state index is 12.0. The van der Waals surface area contributed by atoms with Crippen LogP contribution in [0.15, 0.2) is 68.6 Å². The van der Waals surface area contributed by atoms with Crippen LogP contribution in [0.25, 0.3) is 11.0 Å². The molecule has 3 rings (SSSR count). The summed E-state index contributed by atoms with van der Waals surface area (Å²) in [6, 6.07) is 12.7. The monoisotopic (exact) mass is 324 g/mol. The van der Waals surface area contributed by atoms with Crippen LogP contribution in [-0.4, -0.2) is 11.1 Å². The van der Waals surface area contributed by atoms with Crippen molar-refractivity contribution in [3.8, 4) is 5.75 Å². The third kappa shape index (κ3) is 3.25. The van der Waals surface area contributed by atoms with E-state index in [1.54, 1.807) is 24.3 Å². The molecule has 0 spiro atoms. The topological polar surface area (TPSA) is 109 Å². The minimum Gasteiger partial charge on any atom is -0.504 e. The number of benzene rings is 1. The van der Waals surface area contributed by atoms with Crippen LogP contribution in [0, 0.1) is 0 Å². The standard InChI is InChI=1S/C17H12N2O5/c20-13-7-5-11(6-8-14(13)21)18-17(23)19-12-9-10-3-1-2-4-15(10)24-16(12)22/h1-9H,(H,20,21)(H2,18,19,23). The average Bonchev–Trinajstić information content (AvgIpc) is 2.71. The van der Waals surface area contributed by atoms with Crippen molar-refractivity contribution in [2.75, 3.05) is 10.6 Å². The molecule has 7 nitrogen and oxygen atoms in total. The Bertz CT molecular complexity index is 1040. The zero-order chi connectivity index (χ0) is 17.1. The van der Waals surface area contributed by atoms with Crippen LogP contribution in [-0.2, 0) is 0 Å². The molecule has 1 heterocycles. The normalized spacial score (nSPS) is 10.3. The Morgan fingerprint density at radius 2 is 1.71 bits per heavy atom. The predicted molar refractivity (Wildman–Crippen MR) is 89.5 cm³/mol. The number of carbonyl (C=O) groups excluding carboxylic acids is 1. The van der Waals surface area contributed by atoms with Crippen LogP contribution in [0.4, 0.5) is 16.2 Å². The van der Waals surface area contributed by atoms with Gasteiger partial charge in [0, 0.05) is 11.1 Å². The van der Waals surface area contributed by atoms with E-state index >= 15 is 0 Å². The number of anilines is 2. The zero-order valence-corrected chi connectivity index (χ0v) is 12.3. The Morgan fingerprint density at radius 3 is 2.54 bits per heavy atom. The first-order valence-electron chi connectivity index (χ1n) is 6.97. The summed E-state index contributed by atoms with van der Waals surface area (Å²) in [7, 11) is 0. The summed E-state index contributed by atoms with van der Waals surface area (Å²) in [5.74, 6) is -0.432. The number of para-hydroxylation sites is 1. The minimum atomic E-state index is -0.685. The summed E-state index contributed by atoms with van der Waals surface area (Å²) in [5.41, 5.74) is -0.573. The number of nitrogens with one attached hydrogen (secondary N) is 2. The third-order valence-electron chi connectivity index (χ3n) is 3.23. The number of urea groups is 1. The molecule has 24 heavy (non-hydrogen) atoms. The van der Waals surface area contributed by atoms with Crippen LogP contribution in [0.5, 0.6) is 5.75 Å². The van der Waals surface area contributed by atoms with Crippen molar-refractivity contribution in [1.82, 2.24) is 0 Å². The second-order valence-electron chi connectivity index (χ2n) is 4.94. The summed E-state index contributed by atoms with van der Waals surface area (Å²) >= 11 is 0. The van der Waals surface area contributed by atoms with Gasteiger partial charge in [-0.05, 0) is 36.4 Å². The SMILES string of the molecule is O=C(Nc1ccc(O)c(=O)cc1)Nc1cc2ccccc2oc1=O. The van der Waals surface area contributed by atoms with Crippen LogP contribution >= 0.6 is 0 Å². The Balaban J connectivity index is 1.83. The van der Waals surface area contributed by atoms with Crippen LogP contribution in [0.1, 0.15) is 0 Å². The molecule has 0 radical (unpaired) electrons. The summed E-state index contributed by atoms with van der Waals surface area (Å²) in [6.45, 7) is 0. The molecule has 7 heteroatoms. The fourth-order valence-electron chi connectivity index (χ4n) is 2.07. The predicted octanol–water partition coefficient (Wildman–Crippen LogP) is 2.50. The molecule has 0 aliphatic heterocycles. The van der Waals surface area contributed by atoms with Gasteiger partial charge < -0.3 is 20.2 Å². The van der Waals surface area contributed by atoms with Crippen LogP contribution in [0.3, 0.4) is 0 Å². The van der Waals surface area contributed by atoms with E-state index in [4.69, 9.17) is 4.42 Å². The number of hydrogen-bond acceptors (Lipinski definition) is 5. The van der Waals surface area contributed by atoms with Crippen molar-refractivity contribution in [3.63, 3.8) is 0 Å². The molecule has 0 saturated carbocycles. The van der Waals surface area contributed by atoms with E-state index in [0.29, 0.717) is 11.0 Å². The lowest BCUT2D eigenvalue weighted by atomic mass is 10.2. The van der Waals surface area contributed by atoms with Gasteiger partial charge in [0.05, 0.1) is 0 Å². The van der Waals surface area contributed by atoms with Crippen molar-refractivity contribution in [2.24, 2.45) is 0 Å². The van der Waals surface area contributed by atoms with E-state index in [0.717, 1.165) is 6.07 Å². The molecule has 0 unspecified atom stereocenters. The van der Waals surface area contributed by atoms with Crippen molar-refractivity contribution in [1.29, 1.82) is 0 Å². The number of fused-ring (bicyclic) bond motifs is 1. The van der Waals surface area contributed by atoms with Crippen molar-refractivity contribution in [3.05, 3.63) is 75.2 Å². The highest BCUT2D eigenvalue weighted by molar-refractivity contribution is 6.00. The molecule has 0 aliphatic carbocycles. The molecular weight excluding hydrogens is 312 g/mol. The summed E-state index contributed by atoms with van der Waals surface area (Å²) < 4.78 is 5.12. The molecule has 0 bridgehead atoms. The zero-order valence-electron chi connectivity index (χ0n) is 12.3. The second-order valence-corrected chi connectivity index (χ2v) is 4.94. The highest BCUT2D eigenvalue weighted by Crippen LogP contribution is 2.15. The van der Waals surface area contributed by atoms with E-state index in [1.165, 1.54) is 24.3 Å². The third-order valence-corrected chi connectivity index (χ3v) is 3.23. The Labute approximate surface area is 135 Å². The van der Waals surface area contributed by atoms with Gasteiger partial charge in [0.1, 0.15) is 11.3 Å². The largest absolute Gasteiger partial charge is 0.504 e. The minimum absolute atomic E-state index is 0.0149. The number of aromatic hydroxyl groups is 1. The Hall–Kier alpha value is -3.61. The van der Waals surface area contributed by atoms with E-state index in [1.807, 2.05) is 0 Å². The molecule has 3 N–H and O–H groups in total. The lowest BCUT2D eigenvalue weighted by molar-refractivity contribution is 0.262. The van der Waals surface area contributed by atoms with Crippen molar-refractivity contribution < 1.29 is 14.3 Å². The van der Waals surface area contributed by atoms with Crippen LogP contribution in [0.2, 0.25) is 0 Å². The Kier molecular flexibility index (Phi) is 3.98. The maximum absolute atomic E-state index is 12.0. The molecule has 120 valence electrons. The van der Waals surface area contributed by atoms with Gasteiger partial charge in [-0.3, -0.25) is 4.79 Å². The van der Waals surface area contributed by atoms with Gasteiger partial charge >= 0.3 is 11.7 Å². The molecule has 3 aromatic rings. The van der Waals surface area contributed by atoms with Gasteiger partial charge in [-0.2, -0.15) is 0 Å². The molecule has 0 fully saturated rings. The fourth-order valence-corrected chi connectivity index (χ4v) is 2.07. The average molecular weight is 324 g/mol. The van der Waals surface area contributed by atoms with E-state index < -0.39 is 22.8 Å². The quantitative estimate of drug-likeness (QED) is 0.628. The lowest BCUT2D eigenvalue weighted by Crippen LogP contribution is -2.22. The first-order chi connectivity index (χ1) is 11.5. The summed E-state index contributed by atoms with van der Waals surface area (Å²) in [6.07, 6.45) is 0. The van der Waals surface area contributed by atoms with Gasteiger partial charge in [-0.25, -0.2) is 9.59 Å². The van der Waals surface area contributed by atoms with E-state index in [9.17, 15) is 19.5 Å². The molecule has 0 aliphatic rings. The van der Waals surface area contributed by atoms with Gasteiger partial charge in [0.2, 0.25) is 5.43 Å². The van der Waals surface area contributed by atoms with Crippen molar-refractivity contribution >= 4 is 28.4 Å². The molecule has 0 saturated heterocycles. The highest BCUT2D eigenvalue weighted by atomic mass is 16.4. The number of carbonyl (C=O) groups is 1. The number of hydrogen-bond donors (Lipinski definition) is 3. The van der Waals surface area contributed by atoms with Crippen molar-refractivity contribution in [2.45, 2.75) is 0 Å². The van der Waals surface area contributed by atoms with Gasteiger partial charge in [-0.15, -0.1) is 0 Å². The van der Waals surface area contributed by atoms with Gasteiger partial charge in [0.15, 0.2) is 5.75 Å². The number of rotatable bonds is 2. The smallest absolute Gasteiger partial charge is 0.360 e. The first-order valence-corrected chi connectivity index (χ1v) is 6.97. The molecule has 2 aromatic carbocycles. The second kappa shape index (κ2) is 6.25. The summed E-state index contributed by atoms with van der Waals surface area (Å²) in [4.78, 5) is 35.2. The summed E-state index contributed by atoms with van der Waals surface area (Å²) in [5, 5.41) is 14.8. The van der Waals surface area contributed by atoms with Crippen LogP contribution < -0.4 is 21.7 Å².